The predicted molar refractivity (Wildman–Crippen MR) is 197 cm³/mol. The van der Waals surface area contributed by atoms with Crippen LogP contribution >= 0.6 is 0 Å². The predicted octanol–water partition coefficient (Wildman–Crippen LogP) is 5.73. The van der Waals surface area contributed by atoms with E-state index in [0.29, 0.717) is 0 Å². The lowest BCUT2D eigenvalue weighted by atomic mass is 11.8. The van der Waals surface area contributed by atoms with E-state index < -0.39 is 96.6 Å². The molecule has 2 aliphatic heterocycles. The van der Waals surface area contributed by atoms with Gasteiger partial charge in [0.05, 0.1) is 0 Å². The highest BCUT2D eigenvalue weighted by atomic mass is 28.5. The third kappa shape index (κ3) is 23.0. The van der Waals surface area contributed by atoms with Crippen molar-refractivity contribution in [3.63, 3.8) is 0 Å². The second-order valence-corrected chi connectivity index (χ2v) is 50.9. The summed E-state index contributed by atoms with van der Waals surface area (Å²) in [6, 6.07) is 0. The van der Waals surface area contributed by atoms with Gasteiger partial charge in [0.25, 0.3) is 37.1 Å². The molecule has 41 heavy (non-hydrogen) atoms. The van der Waals surface area contributed by atoms with Crippen LogP contribution in [-0.4, -0.2) is 96.6 Å². The summed E-state index contributed by atoms with van der Waals surface area (Å²) in [4.78, 5) is 0. The van der Waals surface area contributed by atoms with E-state index in [-0.39, 0.29) is 0 Å². The Kier molecular flexibility index (Phi) is 17.0. The summed E-state index contributed by atoms with van der Waals surface area (Å²) in [5.41, 5.74) is 0. The quantitative estimate of drug-likeness (QED) is 0.330. The van der Waals surface area contributed by atoms with Crippen LogP contribution in [0.15, 0.2) is 0 Å². The lowest BCUT2D eigenvalue weighted by Gasteiger charge is -2.46. The standard InChI is InChI=1S/C8H24O4Si4.C8H24O2Si3.C4H16O4Si4/c1-13(2)9-14(3,4)11-16(7,8)12-15(5,6)10-13;1-11(2,3)9-13(7,8)10-12(4,5)6;1-9-5-10(2)7-12(4)8-11(3)6-9/h1-8H3;1-8H3;9-12H,1-4H3. The highest BCUT2D eigenvalue weighted by Gasteiger charge is 2.50. The topological polar surface area (TPSA) is 92.3 Å². The fraction of sp³-hybridized carbons (Fsp3) is 1.00. The summed E-state index contributed by atoms with van der Waals surface area (Å²) in [5, 5.41) is 0. The number of hydrogen-bond acceptors (Lipinski definition) is 10. The molecule has 0 unspecified atom stereocenters. The molecule has 0 atom stereocenters. The molecule has 2 fully saturated rings. The van der Waals surface area contributed by atoms with Crippen molar-refractivity contribution in [3.05, 3.63) is 0 Å². The third-order valence-corrected chi connectivity index (χ3v) is 41.4. The smallest absolute Gasteiger partial charge is 0.314 e. The van der Waals surface area contributed by atoms with Crippen LogP contribution in [0.1, 0.15) is 0 Å². The fourth-order valence-corrected chi connectivity index (χ4v) is 50.6. The molecule has 0 saturated carbocycles. The molecule has 2 saturated heterocycles. The fourth-order valence-electron chi connectivity index (χ4n) is 5.15. The maximum absolute atomic E-state index is 6.16. The number of hydrogen-bond donors (Lipinski definition) is 0. The summed E-state index contributed by atoms with van der Waals surface area (Å²) >= 11 is 0. The molecule has 2 heterocycles. The van der Waals surface area contributed by atoms with E-state index in [0.717, 1.165) is 0 Å². The van der Waals surface area contributed by atoms with E-state index >= 15 is 0 Å². The zero-order chi connectivity index (χ0) is 32.9. The molecule has 0 aromatic rings. The molecule has 0 spiro atoms. The van der Waals surface area contributed by atoms with Crippen LogP contribution in [0.4, 0.5) is 0 Å². The van der Waals surface area contributed by atoms with Gasteiger partial charge in [0.1, 0.15) is 0 Å². The first kappa shape index (κ1) is 43.0. The van der Waals surface area contributed by atoms with Crippen LogP contribution in [0.2, 0.25) is 131 Å². The van der Waals surface area contributed by atoms with Gasteiger partial charge in [-0.25, -0.2) is 0 Å². The Hall–Kier alpha value is 1.99. The van der Waals surface area contributed by atoms with Crippen molar-refractivity contribution in [2.45, 2.75) is 131 Å². The normalized spacial score (nSPS) is 30.1. The maximum Gasteiger partial charge on any atom is 0.314 e. The molecule has 2 rings (SSSR count). The largest absolute Gasteiger partial charge is 0.437 e. The van der Waals surface area contributed by atoms with Gasteiger partial charge in [-0.3, -0.25) is 0 Å². The molecule has 10 nitrogen and oxygen atoms in total. The van der Waals surface area contributed by atoms with E-state index in [4.69, 9.17) is 41.2 Å². The van der Waals surface area contributed by atoms with Gasteiger partial charge >= 0.3 is 42.8 Å². The second kappa shape index (κ2) is 16.2. The van der Waals surface area contributed by atoms with Crippen molar-refractivity contribution in [3.8, 4) is 0 Å². The van der Waals surface area contributed by atoms with E-state index in [1.54, 1.807) is 0 Å². The highest BCUT2D eigenvalue weighted by molar-refractivity contribution is 6.92. The first-order valence-corrected chi connectivity index (χ1v) is 43.9. The average Bonchev–Trinajstić information content (AvgIpc) is 2.50. The van der Waals surface area contributed by atoms with Gasteiger partial charge in [0.2, 0.25) is 0 Å². The van der Waals surface area contributed by atoms with Crippen molar-refractivity contribution in [1.29, 1.82) is 0 Å². The minimum Gasteiger partial charge on any atom is -0.437 e. The van der Waals surface area contributed by atoms with Gasteiger partial charge in [-0.2, -0.15) is 0 Å². The molecule has 0 amide bonds. The van der Waals surface area contributed by atoms with Crippen molar-refractivity contribution in [1.82, 2.24) is 0 Å². The van der Waals surface area contributed by atoms with E-state index in [1.807, 2.05) is 26.2 Å². The van der Waals surface area contributed by atoms with Gasteiger partial charge in [0.15, 0.2) is 16.6 Å². The molecule has 248 valence electrons. The lowest BCUT2D eigenvalue weighted by molar-refractivity contribution is 0.238. The van der Waals surface area contributed by atoms with Crippen molar-refractivity contribution < 1.29 is 41.2 Å². The Bertz CT molecular complexity index is 661. The lowest BCUT2D eigenvalue weighted by Crippen LogP contribution is -2.64. The van der Waals surface area contributed by atoms with E-state index in [2.05, 4.69) is 105 Å². The zero-order valence-electron chi connectivity index (χ0n) is 29.9. The van der Waals surface area contributed by atoms with Gasteiger partial charge in [0, 0.05) is 0 Å². The first-order chi connectivity index (χ1) is 17.8. The van der Waals surface area contributed by atoms with Crippen molar-refractivity contribution in [2.75, 3.05) is 0 Å². The Labute approximate surface area is 267 Å². The van der Waals surface area contributed by atoms with Crippen molar-refractivity contribution in [2.24, 2.45) is 0 Å². The molecular weight excluding hydrogens is 709 g/mol. The monoisotopic (exact) mass is 772 g/mol. The Morgan fingerprint density at radius 2 is 0.561 bits per heavy atom. The number of rotatable bonds is 4. The molecule has 0 bridgehead atoms. The molecule has 0 aromatic carbocycles. The van der Waals surface area contributed by atoms with E-state index in [1.165, 1.54) is 0 Å². The minimum atomic E-state index is -2.11. The van der Waals surface area contributed by atoms with Crippen LogP contribution in [0.25, 0.3) is 0 Å². The van der Waals surface area contributed by atoms with Crippen LogP contribution in [-0.2, 0) is 41.2 Å². The molecular formula is C20H64O10Si11. The molecule has 0 radical (unpaired) electrons. The van der Waals surface area contributed by atoms with Gasteiger partial charge in [-0.1, -0.05) is 0 Å². The molecule has 0 aliphatic carbocycles. The van der Waals surface area contributed by atoms with E-state index in [9.17, 15) is 0 Å². The van der Waals surface area contributed by atoms with Gasteiger partial charge in [-0.15, -0.1) is 0 Å². The molecule has 0 N–H and O–H groups in total. The summed E-state index contributed by atoms with van der Waals surface area (Å²) in [6.07, 6.45) is 0. The van der Waals surface area contributed by atoms with Gasteiger partial charge in [-0.05, 0) is 131 Å². The average molecular weight is 774 g/mol. The highest BCUT2D eigenvalue weighted by Crippen LogP contribution is 2.30. The molecule has 21 heteroatoms. The maximum atomic E-state index is 6.16. The summed E-state index contributed by atoms with van der Waals surface area (Å²) in [5.74, 6) is 0. The minimum absolute atomic E-state index is 1.42. The van der Waals surface area contributed by atoms with Crippen LogP contribution in [0, 0.1) is 0 Å². The van der Waals surface area contributed by atoms with Crippen molar-refractivity contribution >= 4 is 96.6 Å². The third-order valence-electron chi connectivity index (χ3n) is 4.60. The molecule has 0 aromatic heterocycles. The van der Waals surface area contributed by atoms with Crippen LogP contribution in [0.3, 0.4) is 0 Å². The summed E-state index contributed by atoms with van der Waals surface area (Å²) in [6.45, 7) is 42.4. The SMILES string of the molecule is C[SiH]1O[SiH](C)O[SiH](C)O[SiH](C)O1.C[Si](C)(C)O[Si](C)(C)O[Si](C)(C)C.C[Si]1(C)O[Si](C)(C)O[Si](C)(C)O[Si](C)(C)O1. The molecule has 2 aliphatic rings. The van der Waals surface area contributed by atoms with Crippen LogP contribution in [0.5, 0.6) is 0 Å². The Morgan fingerprint density at radius 1 is 0.390 bits per heavy atom. The van der Waals surface area contributed by atoms with Crippen LogP contribution < -0.4 is 0 Å². The summed E-state index contributed by atoms with van der Waals surface area (Å²) in [7, 11) is -18.8. The zero-order valence-corrected chi connectivity index (χ0v) is 41.5. The summed E-state index contributed by atoms with van der Waals surface area (Å²) < 4.78 is 59.4. The Balaban J connectivity index is 0.000000593. The Morgan fingerprint density at radius 3 is 0.707 bits per heavy atom. The first-order valence-electron chi connectivity index (χ1n) is 14.6. The van der Waals surface area contributed by atoms with Gasteiger partial charge < -0.3 is 41.2 Å². The second-order valence-electron chi connectivity index (χ2n) is 14.7.